The number of alkyl halides is 3. The average molecular weight is 511 g/mol. The molecule has 0 bridgehead atoms. The van der Waals surface area contributed by atoms with E-state index in [9.17, 15) is 13.2 Å². The van der Waals surface area contributed by atoms with E-state index < -0.39 is 11.7 Å². The van der Waals surface area contributed by atoms with Crippen molar-refractivity contribution in [2.24, 2.45) is 5.92 Å². The van der Waals surface area contributed by atoms with Gasteiger partial charge in [-0.05, 0) is 86.8 Å². The molecular formula is C32H41F3N2. The second-order valence-electron chi connectivity index (χ2n) is 9.50. The fourth-order valence-corrected chi connectivity index (χ4v) is 4.69. The van der Waals surface area contributed by atoms with Crippen molar-refractivity contribution in [2.45, 2.75) is 79.8 Å². The summed E-state index contributed by atoms with van der Waals surface area (Å²) in [6.07, 6.45) is 15.1. The molecule has 37 heavy (non-hydrogen) atoms. The number of rotatable bonds is 9. The molecule has 2 heterocycles. The van der Waals surface area contributed by atoms with E-state index in [4.69, 9.17) is 0 Å². The number of allylic oxidation sites excluding steroid dienone is 10. The number of hydrogen-bond donors (Lipinski definition) is 0. The molecule has 0 saturated heterocycles. The van der Waals surface area contributed by atoms with Gasteiger partial charge in [0.15, 0.2) is 0 Å². The summed E-state index contributed by atoms with van der Waals surface area (Å²) in [6, 6.07) is 1.17. The summed E-state index contributed by atoms with van der Waals surface area (Å²) in [7, 11) is 0. The van der Waals surface area contributed by atoms with E-state index in [0.717, 1.165) is 12.0 Å². The number of aromatic nitrogens is 2. The Balaban J connectivity index is 0.000000283. The van der Waals surface area contributed by atoms with Gasteiger partial charge in [-0.2, -0.15) is 13.2 Å². The third-order valence-electron chi connectivity index (χ3n) is 6.57. The first kappa shape index (κ1) is 30.1. The molecule has 0 saturated carbocycles. The predicted octanol–water partition coefficient (Wildman–Crippen LogP) is 10.3. The first-order chi connectivity index (χ1) is 17.5. The molecule has 0 aliphatic heterocycles. The molecule has 0 amide bonds. The van der Waals surface area contributed by atoms with Gasteiger partial charge in [0.25, 0.3) is 0 Å². The van der Waals surface area contributed by atoms with Crippen LogP contribution >= 0.6 is 0 Å². The fourth-order valence-electron chi connectivity index (χ4n) is 4.69. The fraction of sp³-hybridized carbons (Fsp3) is 0.406. The summed E-state index contributed by atoms with van der Waals surface area (Å²) in [5.74, 6) is 0.669. The Morgan fingerprint density at radius 1 is 1.16 bits per heavy atom. The zero-order valence-electron chi connectivity index (χ0n) is 23.2. The van der Waals surface area contributed by atoms with E-state index in [2.05, 4.69) is 64.1 Å². The highest BCUT2D eigenvalue weighted by Gasteiger charge is 2.35. The minimum Gasteiger partial charge on any atom is -0.303 e. The Morgan fingerprint density at radius 3 is 2.27 bits per heavy atom. The smallest absolute Gasteiger partial charge is 0.303 e. The van der Waals surface area contributed by atoms with E-state index in [1.54, 1.807) is 20.0 Å². The zero-order chi connectivity index (χ0) is 27.8. The molecule has 0 aromatic carbocycles. The summed E-state index contributed by atoms with van der Waals surface area (Å²) in [5, 5.41) is 0. The topological polar surface area (TPSA) is 17.3 Å². The highest BCUT2D eigenvalue weighted by Crippen LogP contribution is 2.36. The third-order valence-corrected chi connectivity index (χ3v) is 6.57. The van der Waals surface area contributed by atoms with E-state index in [-0.39, 0.29) is 5.65 Å². The van der Waals surface area contributed by atoms with Crippen molar-refractivity contribution in [3.8, 4) is 0 Å². The number of fused-ring (bicyclic) bond motifs is 1. The van der Waals surface area contributed by atoms with Gasteiger partial charge >= 0.3 is 6.18 Å². The molecule has 0 atom stereocenters. The largest absolute Gasteiger partial charge is 0.420 e. The van der Waals surface area contributed by atoms with Crippen molar-refractivity contribution >= 4 is 16.8 Å². The van der Waals surface area contributed by atoms with Crippen LogP contribution in [0.1, 0.15) is 89.2 Å². The second-order valence-corrected chi connectivity index (χ2v) is 9.50. The minimum absolute atomic E-state index is 0.0747. The van der Waals surface area contributed by atoms with Gasteiger partial charge in [0.1, 0.15) is 5.65 Å². The lowest BCUT2D eigenvalue weighted by atomic mass is 9.86. The average Bonchev–Trinajstić information content (AvgIpc) is 3.50. The quantitative estimate of drug-likeness (QED) is 0.307. The number of imidazole rings is 1. The van der Waals surface area contributed by atoms with Crippen LogP contribution in [0.4, 0.5) is 13.2 Å². The van der Waals surface area contributed by atoms with Crippen molar-refractivity contribution in [3.05, 3.63) is 95.5 Å². The van der Waals surface area contributed by atoms with Gasteiger partial charge in [-0.25, -0.2) is 4.98 Å². The molecule has 200 valence electrons. The van der Waals surface area contributed by atoms with E-state index in [0.29, 0.717) is 28.4 Å². The maximum absolute atomic E-state index is 13.4. The molecule has 0 N–H and O–H groups in total. The SMILES string of the molecule is C=C(C(/C=C\C)=C/C)C(CCC)CCC.C=C(C)c1nc2c(C(F)(F)F)cc(C3=CCC=C3)cn2c1C. The van der Waals surface area contributed by atoms with Gasteiger partial charge in [0, 0.05) is 11.9 Å². The summed E-state index contributed by atoms with van der Waals surface area (Å²) in [4.78, 5) is 4.15. The van der Waals surface area contributed by atoms with Crippen LogP contribution in [0.25, 0.3) is 16.8 Å². The normalized spacial score (nSPS) is 13.9. The van der Waals surface area contributed by atoms with E-state index in [1.807, 2.05) is 18.2 Å². The summed E-state index contributed by atoms with van der Waals surface area (Å²) in [6.45, 7) is 20.2. The number of nitrogens with zero attached hydrogens (tertiary/aromatic N) is 2. The first-order valence-electron chi connectivity index (χ1n) is 13.1. The molecule has 2 nitrogen and oxygen atoms in total. The van der Waals surface area contributed by atoms with Crippen LogP contribution in [0.2, 0.25) is 0 Å². The number of pyridine rings is 1. The second kappa shape index (κ2) is 13.5. The van der Waals surface area contributed by atoms with Crippen LogP contribution in [0.3, 0.4) is 0 Å². The highest BCUT2D eigenvalue weighted by atomic mass is 19.4. The lowest BCUT2D eigenvalue weighted by Crippen LogP contribution is -2.09. The molecule has 2 aromatic heterocycles. The molecule has 2 aromatic rings. The molecule has 1 aliphatic carbocycles. The van der Waals surface area contributed by atoms with Crippen LogP contribution in [-0.4, -0.2) is 9.38 Å². The Labute approximate surface area is 220 Å². The molecule has 5 heteroatoms. The predicted molar refractivity (Wildman–Crippen MR) is 152 cm³/mol. The number of aryl methyl sites for hydroxylation is 1. The molecular weight excluding hydrogens is 469 g/mol. The monoisotopic (exact) mass is 510 g/mol. The van der Waals surface area contributed by atoms with Crippen LogP contribution in [0.5, 0.6) is 0 Å². The van der Waals surface area contributed by atoms with Crippen LogP contribution in [0.15, 0.2) is 73.0 Å². The van der Waals surface area contributed by atoms with E-state index >= 15 is 0 Å². The van der Waals surface area contributed by atoms with Crippen molar-refractivity contribution in [1.29, 1.82) is 0 Å². The van der Waals surface area contributed by atoms with E-state index in [1.165, 1.54) is 47.3 Å². The van der Waals surface area contributed by atoms with Gasteiger partial charge in [-0.3, -0.25) is 0 Å². The molecule has 0 fully saturated rings. The number of halogens is 3. The molecule has 0 radical (unpaired) electrons. The Hall–Kier alpha value is -3.08. The van der Waals surface area contributed by atoms with Gasteiger partial charge < -0.3 is 4.40 Å². The van der Waals surface area contributed by atoms with Crippen LogP contribution in [-0.2, 0) is 6.18 Å². The maximum Gasteiger partial charge on any atom is 0.420 e. The lowest BCUT2D eigenvalue weighted by molar-refractivity contribution is -0.136. The maximum atomic E-state index is 13.4. The molecule has 0 unspecified atom stereocenters. The Morgan fingerprint density at radius 2 is 1.81 bits per heavy atom. The molecule has 3 rings (SSSR count). The van der Waals surface area contributed by atoms with Crippen molar-refractivity contribution in [2.75, 3.05) is 0 Å². The third kappa shape index (κ3) is 7.47. The Kier molecular flexibility index (Phi) is 11.0. The standard InChI is InChI=1S/C17H15F3N2.C15H26/c1-10(2)15-11(3)22-9-13(12-6-4-5-7-12)8-14(16(22)21-15)17(18,19)20;1-6-10-14(9-4)13(5)15(11-7-2)12-8-3/h4,6-9H,1,5H2,2-3H3;6,9-10,15H,5,7-8,11-12H2,1-4H3/b;10-6-,14-9+. The van der Waals surface area contributed by atoms with Crippen LogP contribution in [0, 0.1) is 12.8 Å². The molecule has 1 aliphatic rings. The Bertz CT molecular complexity index is 1230. The molecule has 0 spiro atoms. The van der Waals surface area contributed by atoms with Crippen molar-refractivity contribution < 1.29 is 13.2 Å². The van der Waals surface area contributed by atoms with Gasteiger partial charge in [-0.15, -0.1) is 0 Å². The number of hydrogen-bond acceptors (Lipinski definition) is 1. The summed E-state index contributed by atoms with van der Waals surface area (Å²) >= 11 is 0. The minimum atomic E-state index is -4.45. The van der Waals surface area contributed by atoms with Crippen molar-refractivity contribution in [3.63, 3.8) is 0 Å². The first-order valence-corrected chi connectivity index (χ1v) is 13.1. The van der Waals surface area contributed by atoms with Crippen molar-refractivity contribution in [1.82, 2.24) is 9.38 Å². The van der Waals surface area contributed by atoms with Gasteiger partial charge in [0.05, 0.1) is 11.3 Å². The lowest BCUT2D eigenvalue weighted by Gasteiger charge is -2.19. The van der Waals surface area contributed by atoms with Gasteiger partial charge in [-0.1, -0.05) is 76.3 Å². The summed E-state index contributed by atoms with van der Waals surface area (Å²) in [5.41, 5.74) is 5.01. The van der Waals surface area contributed by atoms with Gasteiger partial charge in [0.2, 0.25) is 0 Å². The van der Waals surface area contributed by atoms with Crippen LogP contribution < -0.4 is 0 Å². The summed E-state index contributed by atoms with van der Waals surface area (Å²) < 4.78 is 41.7. The zero-order valence-corrected chi connectivity index (χ0v) is 23.2. The highest BCUT2D eigenvalue weighted by molar-refractivity contribution is 5.78.